The molecule has 10 heteroatoms. The number of nitrogens with zero attached hydrogens (tertiary/aromatic N) is 3. The molecule has 0 aliphatic carbocycles. The third-order valence-corrected chi connectivity index (χ3v) is 6.69. The van der Waals surface area contributed by atoms with Gasteiger partial charge >= 0.3 is 12.3 Å². The van der Waals surface area contributed by atoms with Crippen molar-refractivity contribution in [2.75, 3.05) is 25.0 Å². The number of hydrogen-bond acceptors (Lipinski definition) is 5. The van der Waals surface area contributed by atoms with E-state index in [0.29, 0.717) is 10.4 Å². The molecule has 1 aliphatic rings. The van der Waals surface area contributed by atoms with Crippen LogP contribution in [0.15, 0.2) is 60.7 Å². The van der Waals surface area contributed by atoms with Crippen molar-refractivity contribution in [3.05, 3.63) is 77.1 Å². The molecule has 0 bridgehead atoms. The number of nitrogens with one attached hydrogen (secondary N) is 1. The average Bonchev–Trinajstić information content (AvgIpc) is 2.81. The van der Waals surface area contributed by atoms with Crippen LogP contribution in [-0.2, 0) is 16.3 Å². The quantitative estimate of drug-likeness (QED) is 0.299. The zero-order chi connectivity index (χ0) is 27.3. The molecule has 1 saturated heterocycles. The van der Waals surface area contributed by atoms with Crippen LogP contribution in [0.2, 0.25) is 5.02 Å². The minimum atomic E-state index is -4.62. The number of carbonyl (C=O) groups excluding carboxylic acids is 1. The number of ether oxygens (including phenoxy) is 1. The van der Waals surface area contributed by atoms with Crippen molar-refractivity contribution in [3.8, 4) is 0 Å². The summed E-state index contributed by atoms with van der Waals surface area (Å²) >= 11 is 6.16. The summed E-state index contributed by atoms with van der Waals surface area (Å²) in [5.74, 6) is 0. The molecule has 1 fully saturated rings. The van der Waals surface area contributed by atoms with Gasteiger partial charge in [-0.3, -0.25) is 4.98 Å². The average molecular weight is 543 g/mol. The number of carbonyl (C=O) groups is 1. The fourth-order valence-electron chi connectivity index (χ4n) is 4.62. The van der Waals surface area contributed by atoms with Crippen LogP contribution in [0.1, 0.15) is 32.2 Å². The van der Waals surface area contributed by atoms with Gasteiger partial charge in [0.15, 0.2) is 0 Å². The number of hydrogen-bond donors (Lipinski definition) is 1. The maximum absolute atomic E-state index is 13.6. The van der Waals surface area contributed by atoms with E-state index in [1.165, 1.54) is 12.1 Å². The molecule has 6 nitrogen and oxygen atoms in total. The van der Waals surface area contributed by atoms with E-state index in [9.17, 15) is 18.0 Å². The SMILES string of the molecule is CC(C)(C)OC(=O)N1CC(CNc2cc(C(F)(F)F)nc3ccc(Cl)cc23)(c2ccc3ccccc3n2)C1. The van der Waals surface area contributed by atoms with Crippen LogP contribution >= 0.6 is 11.6 Å². The Labute approximate surface area is 222 Å². The van der Waals surface area contributed by atoms with Gasteiger partial charge in [0.25, 0.3) is 0 Å². The van der Waals surface area contributed by atoms with Crippen molar-refractivity contribution in [1.82, 2.24) is 14.9 Å². The zero-order valence-corrected chi connectivity index (χ0v) is 21.8. The summed E-state index contributed by atoms with van der Waals surface area (Å²) < 4.78 is 46.4. The topological polar surface area (TPSA) is 67.3 Å². The minimum absolute atomic E-state index is 0.175. The zero-order valence-electron chi connectivity index (χ0n) is 21.1. The summed E-state index contributed by atoms with van der Waals surface area (Å²) in [6, 6.07) is 17.1. The van der Waals surface area contributed by atoms with Crippen molar-refractivity contribution in [2.45, 2.75) is 38.0 Å². The Kier molecular flexibility index (Phi) is 6.38. The second-order valence-electron chi connectivity index (χ2n) is 10.6. The molecule has 0 unspecified atom stereocenters. The van der Waals surface area contributed by atoms with Crippen molar-refractivity contribution >= 4 is 45.2 Å². The van der Waals surface area contributed by atoms with Gasteiger partial charge in [-0.25, -0.2) is 9.78 Å². The lowest BCUT2D eigenvalue weighted by Gasteiger charge is -2.49. The van der Waals surface area contributed by atoms with E-state index in [1.54, 1.807) is 31.7 Å². The number of alkyl halides is 3. The molecule has 2 aromatic carbocycles. The molecule has 5 rings (SSSR count). The fraction of sp³-hybridized carbons (Fsp3) is 0.321. The number of aromatic nitrogens is 2. The number of anilines is 1. The van der Waals surface area contributed by atoms with Crippen LogP contribution in [0.25, 0.3) is 21.8 Å². The number of amides is 1. The molecule has 1 aliphatic heterocycles. The molecule has 0 spiro atoms. The number of halogens is 4. The second kappa shape index (κ2) is 9.31. The Morgan fingerprint density at radius 3 is 2.47 bits per heavy atom. The summed E-state index contributed by atoms with van der Waals surface area (Å²) in [4.78, 5) is 22.9. The number of likely N-dealkylation sites (tertiary alicyclic amines) is 1. The first-order valence-corrected chi connectivity index (χ1v) is 12.5. The number of rotatable bonds is 4. The molecule has 0 radical (unpaired) electrons. The molecule has 38 heavy (non-hydrogen) atoms. The number of pyridine rings is 2. The van der Waals surface area contributed by atoms with Crippen LogP contribution in [0.4, 0.5) is 23.7 Å². The van der Waals surface area contributed by atoms with Crippen molar-refractivity contribution < 1.29 is 22.7 Å². The minimum Gasteiger partial charge on any atom is -0.444 e. The number of fused-ring (bicyclic) bond motifs is 2. The lowest BCUT2D eigenvalue weighted by molar-refractivity contribution is -0.140. The van der Waals surface area contributed by atoms with Gasteiger partial charge in [-0.05, 0) is 57.2 Å². The van der Waals surface area contributed by atoms with E-state index in [4.69, 9.17) is 21.3 Å². The van der Waals surface area contributed by atoms with Gasteiger partial charge in [0, 0.05) is 41.1 Å². The largest absolute Gasteiger partial charge is 0.444 e. The van der Waals surface area contributed by atoms with E-state index in [2.05, 4.69) is 10.3 Å². The third kappa shape index (κ3) is 5.20. The predicted molar refractivity (Wildman–Crippen MR) is 141 cm³/mol. The molecule has 1 N–H and O–H groups in total. The van der Waals surface area contributed by atoms with Gasteiger partial charge in [0.05, 0.1) is 22.1 Å². The maximum atomic E-state index is 13.6. The molecular formula is C28H26ClF3N4O2. The standard InChI is InChI=1S/C28H26ClF3N4O2/c1-26(2,3)38-25(37)36-15-27(16-36,23-11-8-17-6-4-5-7-20(17)34-23)14-33-22-13-24(28(30,31)32)35-21-10-9-18(29)12-19(21)22/h4-13H,14-16H2,1-3H3,(H,33,35). The van der Waals surface area contributed by atoms with E-state index >= 15 is 0 Å². The lowest BCUT2D eigenvalue weighted by Crippen LogP contribution is -2.64. The Balaban J connectivity index is 1.51. The summed E-state index contributed by atoms with van der Waals surface area (Å²) in [5, 5.41) is 5.02. The summed E-state index contributed by atoms with van der Waals surface area (Å²) in [6.45, 7) is 6.18. The van der Waals surface area contributed by atoms with E-state index in [1.807, 2.05) is 36.4 Å². The molecular weight excluding hydrogens is 517 g/mol. The second-order valence-corrected chi connectivity index (χ2v) is 11.0. The highest BCUT2D eigenvalue weighted by molar-refractivity contribution is 6.31. The van der Waals surface area contributed by atoms with Gasteiger partial charge in [0.1, 0.15) is 11.3 Å². The molecule has 198 valence electrons. The van der Waals surface area contributed by atoms with Gasteiger partial charge in [-0.1, -0.05) is 35.9 Å². The lowest BCUT2D eigenvalue weighted by atomic mass is 9.76. The van der Waals surface area contributed by atoms with Crippen molar-refractivity contribution in [2.24, 2.45) is 0 Å². The first kappa shape index (κ1) is 26.0. The fourth-order valence-corrected chi connectivity index (χ4v) is 4.79. The van der Waals surface area contributed by atoms with Crippen molar-refractivity contribution in [3.63, 3.8) is 0 Å². The van der Waals surface area contributed by atoms with Gasteiger partial charge in [-0.2, -0.15) is 13.2 Å². The van der Waals surface area contributed by atoms with Crippen LogP contribution in [0.3, 0.4) is 0 Å². The van der Waals surface area contributed by atoms with E-state index < -0.39 is 29.0 Å². The highest BCUT2D eigenvalue weighted by Gasteiger charge is 2.49. The molecule has 1 amide bonds. The van der Waals surface area contributed by atoms with Crippen LogP contribution in [0, 0.1) is 0 Å². The van der Waals surface area contributed by atoms with E-state index in [0.717, 1.165) is 22.7 Å². The smallest absolute Gasteiger partial charge is 0.433 e. The normalized spacial score (nSPS) is 15.4. The van der Waals surface area contributed by atoms with Crippen LogP contribution < -0.4 is 5.32 Å². The third-order valence-electron chi connectivity index (χ3n) is 6.46. The van der Waals surface area contributed by atoms with Crippen LogP contribution in [-0.4, -0.2) is 46.2 Å². The summed E-state index contributed by atoms with van der Waals surface area (Å²) in [7, 11) is 0. The van der Waals surface area contributed by atoms with E-state index in [-0.39, 0.29) is 30.8 Å². The summed E-state index contributed by atoms with van der Waals surface area (Å²) in [5.41, 5.74) is -0.367. The van der Waals surface area contributed by atoms with Crippen LogP contribution in [0.5, 0.6) is 0 Å². The Morgan fingerprint density at radius 1 is 1.03 bits per heavy atom. The highest BCUT2D eigenvalue weighted by atomic mass is 35.5. The molecule has 0 saturated carbocycles. The molecule has 4 aromatic rings. The summed E-state index contributed by atoms with van der Waals surface area (Å²) in [6.07, 6.45) is -5.07. The monoisotopic (exact) mass is 542 g/mol. The Hall–Kier alpha value is -3.59. The Morgan fingerprint density at radius 2 is 1.76 bits per heavy atom. The number of benzene rings is 2. The predicted octanol–water partition coefficient (Wildman–Crippen LogP) is 7.06. The molecule has 2 aromatic heterocycles. The van der Waals surface area contributed by atoms with Gasteiger partial charge < -0.3 is 15.0 Å². The van der Waals surface area contributed by atoms with Crippen molar-refractivity contribution in [1.29, 1.82) is 0 Å². The maximum Gasteiger partial charge on any atom is 0.433 e. The molecule has 0 atom stereocenters. The first-order chi connectivity index (χ1) is 17.8. The van der Waals surface area contributed by atoms with Gasteiger partial charge in [-0.15, -0.1) is 0 Å². The first-order valence-electron chi connectivity index (χ1n) is 12.1. The number of para-hydroxylation sites is 1. The molecule has 3 heterocycles. The highest BCUT2D eigenvalue weighted by Crippen LogP contribution is 2.38. The van der Waals surface area contributed by atoms with Gasteiger partial charge in [0.2, 0.25) is 0 Å². The Bertz CT molecular complexity index is 1530.